The fourth-order valence-electron chi connectivity index (χ4n) is 6.89. The Morgan fingerprint density at radius 2 is 1.63 bits per heavy atom. The summed E-state index contributed by atoms with van der Waals surface area (Å²) in [6, 6.07) is 10.7. The maximum atomic E-state index is 13.1. The van der Waals surface area contributed by atoms with Gasteiger partial charge in [0.15, 0.2) is 11.5 Å². The highest BCUT2D eigenvalue weighted by atomic mass is 35.5. The number of carbonyl (C=O) groups is 1. The van der Waals surface area contributed by atoms with Gasteiger partial charge in [0.05, 0.1) is 16.7 Å². The van der Waals surface area contributed by atoms with Crippen molar-refractivity contribution in [2.75, 3.05) is 68.8 Å². The number of hydrogen-bond donors (Lipinski definition) is 1. The van der Waals surface area contributed by atoms with E-state index >= 15 is 0 Å². The molecule has 52 heavy (non-hydrogen) atoms. The van der Waals surface area contributed by atoms with E-state index in [1.165, 1.54) is 0 Å². The molecule has 1 aromatic carbocycles. The summed E-state index contributed by atoms with van der Waals surface area (Å²) in [5.41, 5.74) is 0.682. The van der Waals surface area contributed by atoms with Gasteiger partial charge in [-0.3, -0.25) is 13.9 Å². The largest absolute Gasteiger partial charge is 0.490 e. The van der Waals surface area contributed by atoms with E-state index in [1.807, 2.05) is 12.1 Å². The molecule has 1 saturated carbocycles. The predicted molar refractivity (Wildman–Crippen MR) is 188 cm³/mol. The second-order valence-electron chi connectivity index (χ2n) is 13.8. The Balaban J connectivity index is 0.941. The maximum absolute atomic E-state index is 13.1. The van der Waals surface area contributed by atoms with Crippen molar-refractivity contribution in [2.45, 2.75) is 75.6 Å². The number of benzene rings is 1. The third-order valence-corrected chi connectivity index (χ3v) is 11.8. The third kappa shape index (κ3) is 11.4. The van der Waals surface area contributed by atoms with Crippen LogP contribution in [0.2, 0.25) is 5.02 Å². The first-order chi connectivity index (χ1) is 24.8. The molecule has 1 atom stereocenters. The van der Waals surface area contributed by atoms with Gasteiger partial charge in [-0.05, 0) is 75.1 Å². The van der Waals surface area contributed by atoms with Crippen molar-refractivity contribution >= 4 is 34.1 Å². The standard InChI is InChI=1S/C35H45ClF5N7O3S/c36-30-22-29(5-2-26(30)23-42)51-28-6-3-27(4-7-28)43-33(49)31-8-9-32(45-44-31)48-13-10-25(11-14-48)24-47-17-15-46(16-18-47)19-21-52(50)20-1-12-34(37,38)35(39,40)41/h2,5,8-9,22,25,27-28H,1,3-4,6-7,10-21,24H2,(H,43,49). The van der Waals surface area contributed by atoms with Crippen LogP contribution in [0.25, 0.3) is 0 Å². The van der Waals surface area contributed by atoms with Crippen molar-refractivity contribution in [1.29, 1.82) is 5.26 Å². The number of aromatic nitrogens is 2. The van der Waals surface area contributed by atoms with Crippen LogP contribution in [0, 0.1) is 17.2 Å². The van der Waals surface area contributed by atoms with Gasteiger partial charge in [0.25, 0.3) is 5.91 Å². The van der Waals surface area contributed by atoms with E-state index in [0.29, 0.717) is 28.8 Å². The van der Waals surface area contributed by atoms with Crippen LogP contribution in [0.4, 0.5) is 27.8 Å². The van der Waals surface area contributed by atoms with Gasteiger partial charge in [-0.15, -0.1) is 10.2 Å². The lowest BCUT2D eigenvalue weighted by Gasteiger charge is -2.39. The van der Waals surface area contributed by atoms with E-state index in [9.17, 15) is 31.0 Å². The van der Waals surface area contributed by atoms with E-state index in [-0.39, 0.29) is 35.3 Å². The molecule has 10 nitrogen and oxygen atoms in total. The molecule has 0 bridgehead atoms. The summed E-state index contributed by atoms with van der Waals surface area (Å²) in [5.74, 6) is -2.98. The molecule has 1 N–H and O–H groups in total. The first-order valence-electron chi connectivity index (χ1n) is 17.8. The summed E-state index contributed by atoms with van der Waals surface area (Å²) in [7, 11) is -1.43. The van der Waals surface area contributed by atoms with Crippen molar-refractivity contribution in [2.24, 2.45) is 5.92 Å². The minimum Gasteiger partial charge on any atom is -0.490 e. The molecule has 0 radical (unpaired) electrons. The first-order valence-corrected chi connectivity index (χ1v) is 19.7. The quantitative estimate of drug-likeness (QED) is 0.242. The first kappa shape index (κ1) is 40.1. The van der Waals surface area contributed by atoms with Gasteiger partial charge in [-0.2, -0.15) is 27.2 Å². The Morgan fingerprint density at radius 3 is 2.25 bits per heavy atom. The van der Waals surface area contributed by atoms with Crippen molar-refractivity contribution in [3.05, 3.63) is 46.6 Å². The molecule has 2 saturated heterocycles. The molecular weight excluding hydrogens is 729 g/mol. The van der Waals surface area contributed by atoms with E-state index in [4.69, 9.17) is 21.6 Å². The molecule has 1 unspecified atom stereocenters. The Hall–Kier alpha value is -3.13. The van der Waals surface area contributed by atoms with Gasteiger partial charge in [0.1, 0.15) is 11.8 Å². The Morgan fingerprint density at radius 1 is 0.942 bits per heavy atom. The van der Waals surface area contributed by atoms with Gasteiger partial charge < -0.3 is 19.9 Å². The van der Waals surface area contributed by atoms with Crippen LogP contribution in [-0.2, 0) is 10.8 Å². The fraction of sp³-hybridized carbons (Fsp3) is 0.657. The average Bonchev–Trinajstić information content (AvgIpc) is 3.12. The Labute approximate surface area is 308 Å². The molecule has 286 valence electrons. The number of nitriles is 1. The van der Waals surface area contributed by atoms with Gasteiger partial charge in [-0.1, -0.05) is 11.6 Å². The lowest BCUT2D eigenvalue weighted by Crippen LogP contribution is -2.49. The minimum absolute atomic E-state index is 0.00793. The topological polar surface area (TPSA) is 115 Å². The van der Waals surface area contributed by atoms with Crippen LogP contribution >= 0.6 is 11.6 Å². The van der Waals surface area contributed by atoms with Gasteiger partial charge in [0, 0.05) is 93.2 Å². The molecule has 1 aliphatic carbocycles. The number of amides is 1. The van der Waals surface area contributed by atoms with Crippen molar-refractivity contribution in [1.82, 2.24) is 25.3 Å². The van der Waals surface area contributed by atoms with Crippen LogP contribution < -0.4 is 15.0 Å². The summed E-state index contributed by atoms with van der Waals surface area (Å²) in [6.07, 6.45) is -2.23. The predicted octanol–water partition coefficient (Wildman–Crippen LogP) is 5.68. The van der Waals surface area contributed by atoms with Crippen LogP contribution in [0.3, 0.4) is 0 Å². The highest BCUT2D eigenvalue weighted by molar-refractivity contribution is 7.84. The monoisotopic (exact) mass is 773 g/mol. The number of piperazine rings is 1. The van der Waals surface area contributed by atoms with E-state index in [1.54, 1.807) is 24.3 Å². The van der Waals surface area contributed by atoms with Crippen molar-refractivity contribution in [3.63, 3.8) is 0 Å². The van der Waals surface area contributed by atoms with E-state index < -0.39 is 35.7 Å². The van der Waals surface area contributed by atoms with Crippen LogP contribution in [0.1, 0.15) is 67.4 Å². The van der Waals surface area contributed by atoms with Crippen molar-refractivity contribution < 1.29 is 35.7 Å². The zero-order chi connectivity index (χ0) is 37.3. The SMILES string of the molecule is N#Cc1ccc(OC2CCC(NC(=O)c3ccc(N4CCC(CN5CCN(CCS(=O)CCCC(F)(F)C(F)(F)F)CC5)CC4)nn3)CC2)cc1Cl. The fourth-order valence-corrected chi connectivity index (χ4v) is 8.23. The lowest BCUT2D eigenvalue weighted by molar-refractivity contribution is -0.284. The number of alkyl halides is 5. The number of halogens is 6. The molecule has 3 heterocycles. The minimum atomic E-state index is -5.57. The molecule has 5 rings (SSSR count). The van der Waals surface area contributed by atoms with Crippen LogP contribution in [-0.4, -0.2) is 118 Å². The normalized spacial score (nSPS) is 21.8. The van der Waals surface area contributed by atoms with Gasteiger partial charge in [-0.25, -0.2) is 0 Å². The number of piperidine rings is 1. The molecule has 2 aromatic rings. The maximum Gasteiger partial charge on any atom is 0.453 e. The molecular formula is C35H45ClF5N7O3S. The zero-order valence-electron chi connectivity index (χ0n) is 28.9. The highest BCUT2D eigenvalue weighted by Crippen LogP contribution is 2.38. The summed E-state index contributed by atoms with van der Waals surface area (Å²) in [6.45, 7) is 6.50. The van der Waals surface area contributed by atoms with Gasteiger partial charge in [0.2, 0.25) is 0 Å². The lowest BCUT2D eigenvalue weighted by atomic mass is 9.93. The molecule has 3 fully saturated rings. The number of nitrogens with zero attached hydrogens (tertiary/aromatic N) is 6. The molecule has 17 heteroatoms. The highest BCUT2D eigenvalue weighted by Gasteiger charge is 2.56. The molecule has 2 aliphatic heterocycles. The average molecular weight is 774 g/mol. The van der Waals surface area contributed by atoms with E-state index in [2.05, 4.69) is 30.2 Å². The molecule has 1 aromatic heterocycles. The second-order valence-corrected chi connectivity index (χ2v) is 15.9. The van der Waals surface area contributed by atoms with Gasteiger partial charge >= 0.3 is 12.1 Å². The summed E-state index contributed by atoms with van der Waals surface area (Å²) < 4.78 is 81.3. The number of carbonyl (C=O) groups excluding carboxylic acids is 1. The summed E-state index contributed by atoms with van der Waals surface area (Å²) >= 11 is 6.12. The number of rotatable bonds is 14. The summed E-state index contributed by atoms with van der Waals surface area (Å²) in [5, 5.41) is 21.1. The third-order valence-electron chi connectivity index (χ3n) is 10.1. The molecule has 1 amide bonds. The van der Waals surface area contributed by atoms with Crippen LogP contribution in [0.5, 0.6) is 5.75 Å². The smallest absolute Gasteiger partial charge is 0.453 e. The van der Waals surface area contributed by atoms with E-state index in [0.717, 1.165) is 90.2 Å². The van der Waals surface area contributed by atoms with Crippen LogP contribution in [0.15, 0.2) is 30.3 Å². The zero-order valence-corrected chi connectivity index (χ0v) is 30.5. The Bertz CT molecular complexity index is 1540. The number of anilines is 1. The number of nitrogens with one attached hydrogen (secondary N) is 1. The number of ether oxygens (including phenoxy) is 1. The van der Waals surface area contributed by atoms with Crippen molar-refractivity contribution in [3.8, 4) is 11.8 Å². The summed E-state index contributed by atoms with van der Waals surface area (Å²) in [4.78, 5) is 19.7. The second kappa shape index (κ2) is 18.3. The number of hydrogen-bond acceptors (Lipinski definition) is 9. The molecule has 0 spiro atoms. The molecule has 3 aliphatic rings. The Kier molecular flexibility index (Phi) is 14.1.